The van der Waals surface area contributed by atoms with E-state index in [0.717, 1.165) is 19.6 Å². The number of methoxy groups -OCH3 is 1. The SMILES string of the molecule is CCN(C)CC(C)(CC)CCOC. The molecule has 0 heterocycles. The van der Waals surface area contributed by atoms with Crippen molar-refractivity contribution in [2.24, 2.45) is 5.41 Å². The van der Waals surface area contributed by atoms with Crippen molar-refractivity contribution >= 4 is 0 Å². The van der Waals surface area contributed by atoms with Crippen molar-refractivity contribution in [2.75, 3.05) is 33.9 Å². The second-order valence-electron chi connectivity index (χ2n) is 4.24. The fourth-order valence-electron chi connectivity index (χ4n) is 1.48. The molecule has 0 N–H and O–H groups in total. The van der Waals surface area contributed by atoms with Gasteiger partial charge in [0.25, 0.3) is 0 Å². The first kappa shape index (κ1) is 12.9. The summed E-state index contributed by atoms with van der Waals surface area (Å²) in [7, 11) is 3.96. The first-order chi connectivity index (χ1) is 6.08. The molecule has 0 amide bonds. The first-order valence-electron chi connectivity index (χ1n) is 5.25. The van der Waals surface area contributed by atoms with Gasteiger partial charge in [-0.05, 0) is 31.8 Å². The maximum atomic E-state index is 5.14. The minimum absolute atomic E-state index is 0.417. The van der Waals surface area contributed by atoms with E-state index in [9.17, 15) is 0 Å². The summed E-state index contributed by atoms with van der Waals surface area (Å²) in [5.41, 5.74) is 0.417. The zero-order valence-electron chi connectivity index (χ0n) is 9.89. The topological polar surface area (TPSA) is 12.5 Å². The van der Waals surface area contributed by atoms with Crippen LogP contribution in [0, 0.1) is 5.41 Å². The number of rotatable bonds is 7. The largest absolute Gasteiger partial charge is 0.385 e. The van der Waals surface area contributed by atoms with Crippen LogP contribution in [0.5, 0.6) is 0 Å². The lowest BCUT2D eigenvalue weighted by atomic mass is 9.84. The molecule has 0 aliphatic heterocycles. The predicted octanol–water partition coefficient (Wildman–Crippen LogP) is 2.39. The molecule has 0 aromatic heterocycles. The zero-order chi connectivity index (χ0) is 10.3. The second-order valence-corrected chi connectivity index (χ2v) is 4.24. The van der Waals surface area contributed by atoms with Gasteiger partial charge in [-0.1, -0.05) is 20.8 Å². The van der Waals surface area contributed by atoms with Gasteiger partial charge in [0.05, 0.1) is 0 Å². The molecule has 0 aromatic carbocycles. The van der Waals surface area contributed by atoms with E-state index in [1.165, 1.54) is 13.0 Å². The van der Waals surface area contributed by atoms with E-state index in [0.29, 0.717) is 5.41 Å². The average molecular weight is 187 g/mol. The van der Waals surface area contributed by atoms with Crippen LogP contribution in [0.3, 0.4) is 0 Å². The maximum absolute atomic E-state index is 5.14. The molecule has 2 heteroatoms. The van der Waals surface area contributed by atoms with Gasteiger partial charge in [0.1, 0.15) is 0 Å². The lowest BCUT2D eigenvalue weighted by Crippen LogP contribution is -2.33. The van der Waals surface area contributed by atoms with E-state index in [1.54, 1.807) is 7.11 Å². The van der Waals surface area contributed by atoms with Gasteiger partial charge in [-0.15, -0.1) is 0 Å². The molecular formula is C11H25NO. The molecule has 0 fully saturated rings. The minimum atomic E-state index is 0.417. The highest BCUT2D eigenvalue weighted by atomic mass is 16.5. The van der Waals surface area contributed by atoms with E-state index in [2.05, 4.69) is 32.7 Å². The number of hydrogen-bond acceptors (Lipinski definition) is 2. The van der Waals surface area contributed by atoms with Crippen LogP contribution in [0.2, 0.25) is 0 Å². The van der Waals surface area contributed by atoms with E-state index < -0.39 is 0 Å². The predicted molar refractivity (Wildman–Crippen MR) is 58.1 cm³/mol. The van der Waals surface area contributed by atoms with Crippen molar-refractivity contribution in [1.29, 1.82) is 0 Å². The lowest BCUT2D eigenvalue weighted by Gasteiger charge is -2.32. The Morgan fingerprint density at radius 3 is 2.31 bits per heavy atom. The molecule has 0 rings (SSSR count). The average Bonchev–Trinajstić information content (AvgIpc) is 2.14. The highest BCUT2D eigenvalue weighted by molar-refractivity contribution is 4.75. The van der Waals surface area contributed by atoms with Gasteiger partial charge in [0.2, 0.25) is 0 Å². The zero-order valence-corrected chi connectivity index (χ0v) is 9.89. The smallest absolute Gasteiger partial charge is 0.0467 e. The summed E-state index contributed by atoms with van der Waals surface area (Å²) in [6, 6.07) is 0. The number of hydrogen-bond donors (Lipinski definition) is 0. The molecule has 0 aliphatic carbocycles. The summed E-state index contributed by atoms with van der Waals surface area (Å²) in [6.45, 7) is 9.98. The van der Waals surface area contributed by atoms with Gasteiger partial charge in [0, 0.05) is 20.3 Å². The van der Waals surface area contributed by atoms with Crippen molar-refractivity contribution in [3.63, 3.8) is 0 Å². The van der Waals surface area contributed by atoms with Crippen LogP contribution in [0.4, 0.5) is 0 Å². The lowest BCUT2D eigenvalue weighted by molar-refractivity contribution is 0.113. The van der Waals surface area contributed by atoms with Crippen molar-refractivity contribution in [2.45, 2.75) is 33.6 Å². The Morgan fingerprint density at radius 1 is 1.31 bits per heavy atom. The number of nitrogens with zero attached hydrogens (tertiary/aromatic N) is 1. The van der Waals surface area contributed by atoms with Crippen LogP contribution in [0.1, 0.15) is 33.6 Å². The van der Waals surface area contributed by atoms with Gasteiger partial charge in [0.15, 0.2) is 0 Å². The van der Waals surface area contributed by atoms with Crippen LogP contribution in [0.25, 0.3) is 0 Å². The Bertz CT molecular complexity index is 127. The van der Waals surface area contributed by atoms with Crippen molar-refractivity contribution in [1.82, 2.24) is 4.90 Å². The third-order valence-electron chi connectivity index (χ3n) is 2.95. The molecule has 2 nitrogen and oxygen atoms in total. The van der Waals surface area contributed by atoms with Gasteiger partial charge >= 0.3 is 0 Å². The molecule has 13 heavy (non-hydrogen) atoms. The highest BCUT2D eigenvalue weighted by Crippen LogP contribution is 2.26. The fraction of sp³-hybridized carbons (Fsp3) is 1.00. The Balaban J connectivity index is 3.94. The molecule has 0 aromatic rings. The Hall–Kier alpha value is -0.0800. The van der Waals surface area contributed by atoms with Gasteiger partial charge in [-0.25, -0.2) is 0 Å². The van der Waals surface area contributed by atoms with Crippen molar-refractivity contribution in [3.05, 3.63) is 0 Å². The number of ether oxygens (including phenoxy) is 1. The molecule has 0 saturated carbocycles. The van der Waals surface area contributed by atoms with E-state index >= 15 is 0 Å². The van der Waals surface area contributed by atoms with Crippen LogP contribution in [-0.2, 0) is 4.74 Å². The second kappa shape index (κ2) is 6.39. The Kier molecular flexibility index (Phi) is 6.35. The monoisotopic (exact) mass is 187 g/mol. The van der Waals surface area contributed by atoms with E-state index in [-0.39, 0.29) is 0 Å². The molecule has 0 bridgehead atoms. The molecule has 0 radical (unpaired) electrons. The molecule has 1 atom stereocenters. The standard InChI is InChI=1S/C11H25NO/c1-6-11(3,8-9-13-5)10-12(4)7-2/h6-10H2,1-5H3. The van der Waals surface area contributed by atoms with Crippen molar-refractivity contribution in [3.8, 4) is 0 Å². The van der Waals surface area contributed by atoms with Gasteiger partial charge in [-0.2, -0.15) is 0 Å². The summed E-state index contributed by atoms with van der Waals surface area (Å²) in [5, 5.41) is 0. The summed E-state index contributed by atoms with van der Waals surface area (Å²) in [4.78, 5) is 2.37. The summed E-state index contributed by atoms with van der Waals surface area (Å²) < 4.78 is 5.14. The molecule has 80 valence electrons. The third-order valence-corrected chi connectivity index (χ3v) is 2.95. The van der Waals surface area contributed by atoms with Crippen LogP contribution < -0.4 is 0 Å². The molecular weight excluding hydrogens is 162 g/mol. The van der Waals surface area contributed by atoms with E-state index in [1.807, 2.05) is 0 Å². The highest BCUT2D eigenvalue weighted by Gasteiger charge is 2.22. The molecule has 0 aliphatic rings. The van der Waals surface area contributed by atoms with Crippen LogP contribution >= 0.6 is 0 Å². The summed E-state index contributed by atoms with van der Waals surface area (Å²) in [6.07, 6.45) is 2.38. The Morgan fingerprint density at radius 2 is 1.92 bits per heavy atom. The third kappa shape index (κ3) is 5.27. The van der Waals surface area contributed by atoms with Crippen LogP contribution in [0.15, 0.2) is 0 Å². The quantitative estimate of drug-likeness (QED) is 0.607. The molecule has 1 unspecified atom stereocenters. The fourth-order valence-corrected chi connectivity index (χ4v) is 1.48. The molecule has 0 saturated heterocycles. The maximum Gasteiger partial charge on any atom is 0.0467 e. The Labute approximate surface area is 83.3 Å². The summed E-state index contributed by atoms with van der Waals surface area (Å²) in [5.74, 6) is 0. The normalized spacial score (nSPS) is 16.2. The van der Waals surface area contributed by atoms with Crippen LogP contribution in [-0.4, -0.2) is 38.8 Å². The van der Waals surface area contributed by atoms with Gasteiger partial charge < -0.3 is 9.64 Å². The van der Waals surface area contributed by atoms with E-state index in [4.69, 9.17) is 4.74 Å². The van der Waals surface area contributed by atoms with Crippen molar-refractivity contribution < 1.29 is 4.74 Å². The minimum Gasteiger partial charge on any atom is -0.385 e. The first-order valence-corrected chi connectivity index (χ1v) is 5.25. The summed E-state index contributed by atoms with van der Waals surface area (Å²) >= 11 is 0. The molecule has 0 spiro atoms. The van der Waals surface area contributed by atoms with Gasteiger partial charge in [-0.3, -0.25) is 0 Å².